The molecule has 0 amide bonds. The maximum absolute atomic E-state index is 13.6. The molecule has 0 bridgehead atoms. The number of fused-ring (bicyclic) bond motifs is 1. The number of ether oxygens (including phenoxy) is 1. The van der Waals surface area contributed by atoms with Crippen LogP contribution in [0.2, 0.25) is 36.3 Å². The average molecular weight is 723 g/mol. The van der Waals surface area contributed by atoms with E-state index in [9.17, 15) is 9.59 Å². The number of methoxy groups -OCH3 is 1. The first-order chi connectivity index (χ1) is 21.3. The van der Waals surface area contributed by atoms with Gasteiger partial charge in [-0.3, -0.25) is 9.59 Å². The molecule has 0 saturated heterocycles. The zero-order valence-electron chi connectivity index (χ0n) is 30.1. The minimum absolute atomic E-state index is 0.00388. The molecule has 258 valence electrons. The summed E-state index contributed by atoms with van der Waals surface area (Å²) in [5, 5.41) is 1.33. The SMILES string of the molecule is COC(=O)CSCCCS[C@H]1C(=O)C[C@H](O[Si](C)(C)C(C)(C)C)[C@@H]1/C=C/C(CCc1cc2ccccc2s1)O[Si](C)(C)C(C)(C)C. The molecule has 1 saturated carbocycles. The highest BCUT2D eigenvalue weighted by Crippen LogP contribution is 2.44. The van der Waals surface area contributed by atoms with Gasteiger partial charge in [-0.2, -0.15) is 11.8 Å². The van der Waals surface area contributed by atoms with Crippen LogP contribution in [0, 0.1) is 5.92 Å². The van der Waals surface area contributed by atoms with Crippen LogP contribution in [0.5, 0.6) is 0 Å². The van der Waals surface area contributed by atoms with E-state index in [0.717, 1.165) is 30.8 Å². The van der Waals surface area contributed by atoms with Crippen molar-refractivity contribution >= 4 is 73.3 Å². The van der Waals surface area contributed by atoms with Gasteiger partial charge in [-0.25, -0.2) is 0 Å². The summed E-state index contributed by atoms with van der Waals surface area (Å²) in [6.07, 6.45) is 7.67. The number of ketones is 1. The number of benzene rings is 1. The van der Waals surface area contributed by atoms with Crippen molar-refractivity contribution < 1.29 is 23.2 Å². The third-order valence-corrected chi connectivity index (χ3v) is 22.5. The van der Waals surface area contributed by atoms with Crippen molar-refractivity contribution in [2.45, 2.75) is 121 Å². The fourth-order valence-electron chi connectivity index (χ4n) is 5.00. The van der Waals surface area contributed by atoms with E-state index < -0.39 is 16.6 Å². The number of Topliss-reactive ketones (excluding diaryl/α,β-unsaturated/α-hetero) is 1. The smallest absolute Gasteiger partial charge is 0.315 e. The summed E-state index contributed by atoms with van der Waals surface area (Å²) in [6.45, 7) is 22.9. The summed E-state index contributed by atoms with van der Waals surface area (Å²) in [4.78, 5) is 26.4. The molecule has 1 unspecified atom stereocenters. The van der Waals surface area contributed by atoms with Gasteiger partial charge in [0.2, 0.25) is 0 Å². The first-order valence-electron chi connectivity index (χ1n) is 16.6. The van der Waals surface area contributed by atoms with Crippen molar-refractivity contribution in [2.75, 3.05) is 24.4 Å². The molecule has 5 nitrogen and oxygen atoms in total. The van der Waals surface area contributed by atoms with Crippen molar-refractivity contribution in [2.24, 2.45) is 5.92 Å². The Morgan fingerprint density at radius 2 is 1.72 bits per heavy atom. The number of esters is 1. The molecule has 0 N–H and O–H groups in total. The Morgan fingerprint density at radius 1 is 1.04 bits per heavy atom. The molecule has 0 aliphatic heterocycles. The van der Waals surface area contributed by atoms with Crippen LogP contribution in [0.3, 0.4) is 0 Å². The Labute approximate surface area is 293 Å². The minimum Gasteiger partial charge on any atom is -0.468 e. The largest absolute Gasteiger partial charge is 0.468 e. The quantitative estimate of drug-likeness (QED) is 0.0740. The van der Waals surface area contributed by atoms with Gasteiger partial charge in [0.25, 0.3) is 0 Å². The van der Waals surface area contributed by atoms with Gasteiger partial charge in [0.1, 0.15) is 5.78 Å². The second kappa shape index (κ2) is 16.7. The molecule has 1 aliphatic carbocycles. The lowest BCUT2D eigenvalue weighted by atomic mass is 10.0. The molecule has 1 aliphatic rings. The van der Waals surface area contributed by atoms with Crippen LogP contribution in [0.25, 0.3) is 10.1 Å². The van der Waals surface area contributed by atoms with Gasteiger partial charge >= 0.3 is 5.97 Å². The van der Waals surface area contributed by atoms with Crippen LogP contribution in [-0.2, 0) is 29.6 Å². The van der Waals surface area contributed by atoms with Crippen molar-refractivity contribution in [1.29, 1.82) is 0 Å². The number of thioether (sulfide) groups is 2. The Balaban J connectivity index is 1.83. The molecule has 1 heterocycles. The number of carbonyl (C=O) groups excluding carboxylic acids is 2. The molecule has 2 aromatic rings. The normalized spacial score (nSPS) is 20.6. The average Bonchev–Trinajstić information content (AvgIpc) is 3.49. The fourth-order valence-corrected chi connectivity index (χ4v) is 11.0. The van der Waals surface area contributed by atoms with E-state index in [1.54, 1.807) is 23.5 Å². The van der Waals surface area contributed by atoms with Gasteiger partial charge in [-0.15, -0.1) is 23.1 Å². The van der Waals surface area contributed by atoms with Crippen LogP contribution in [0.15, 0.2) is 42.5 Å². The van der Waals surface area contributed by atoms with Crippen molar-refractivity contribution in [1.82, 2.24) is 0 Å². The Bertz CT molecular complexity index is 1290. The van der Waals surface area contributed by atoms with Gasteiger partial charge in [0.15, 0.2) is 16.6 Å². The van der Waals surface area contributed by atoms with Crippen LogP contribution in [-0.4, -0.2) is 70.2 Å². The number of hydrogen-bond acceptors (Lipinski definition) is 8. The van der Waals surface area contributed by atoms with Gasteiger partial charge in [0, 0.05) is 21.9 Å². The number of hydrogen-bond donors (Lipinski definition) is 0. The lowest BCUT2D eigenvalue weighted by molar-refractivity contribution is -0.137. The van der Waals surface area contributed by atoms with E-state index in [2.05, 4.69) is 110 Å². The lowest BCUT2D eigenvalue weighted by Crippen LogP contribution is -2.45. The molecule has 0 spiro atoms. The molecule has 1 fully saturated rings. The van der Waals surface area contributed by atoms with E-state index in [0.29, 0.717) is 12.2 Å². The first kappa shape index (κ1) is 39.6. The lowest BCUT2D eigenvalue weighted by Gasteiger charge is -2.40. The third kappa shape index (κ3) is 11.1. The molecule has 10 heteroatoms. The predicted molar refractivity (Wildman–Crippen MR) is 207 cm³/mol. The van der Waals surface area contributed by atoms with Gasteiger partial charge in [-0.05, 0) is 84.6 Å². The van der Waals surface area contributed by atoms with Crippen LogP contribution in [0.1, 0.15) is 65.7 Å². The maximum Gasteiger partial charge on any atom is 0.315 e. The summed E-state index contributed by atoms with van der Waals surface area (Å²) in [6, 6.07) is 10.9. The fraction of sp³-hybridized carbons (Fsp3) is 0.667. The first-order valence-corrected chi connectivity index (χ1v) is 25.5. The monoisotopic (exact) mass is 722 g/mol. The van der Waals surface area contributed by atoms with E-state index in [1.165, 1.54) is 22.1 Å². The molecule has 1 aromatic carbocycles. The standard InChI is InChI=1S/C36H58O5S3Si2/c1-35(2,3)45(8,9)40-27(17-19-28-23-26-15-12-13-16-32(26)44-28)18-20-29-31(41-46(10,11)36(4,5)6)24-30(37)34(29)43-22-14-21-42-25-33(38)39-7/h12-13,15-16,18,20,23,27,29,31,34H,14,17,19,21-22,24-25H2,1-11H3/b20-18+/t27?,29-,31-,34+/m0/s1. The Kier molecular flexibility index (Phi) is 14.3. The number of aryl methyl sites for hydroxylation is 1. The Morgan fingerprint density at radius 3 is 2.35 bits per heavy atom. The maximum atomic E-state index is 13.6. The number of thiophene rings is 1. The van der Waals surface area contributed by atoms with Crippen LogP contribution < -0.4 is 0 Å². The summed E-state index contributed by atoms with van der Waals surface area (Å²) in [7, 11) is -2.72. The zero-order valence-corrected chi connectivity index (χ0v) is 34.5. The van der Waals surface area contributed by atoms with Gasteiger partial charge in [-0.1, -0.05) is 71.9 Å². The summed E-state index contributed by atoms with van der Waals surface area (Å²) in [5.74, 6) is 2.21. The van der Waals surface area contributed by atoms with Crippen LogP contribution >= 0.6 is 34.9 Å². The van der Waals surface area contributed by atoms with Gasteiger partial charge < -0.3 is 13.6 Å². The molecule has 3 rings (SSSR count). The third-order valence-electron chi connectivity index (χ3n) is 9.88. The molecule has 0 radical (unpaired) electrons. The van der Waals surface area contributed by atoms with Crippen molar-refractivity contribution in [3.63, 3.8) is 0 Å². The Hall–Kier alpha value is -0.886. The van der Waals surface area contributed by atoms with E-state index >= 15 is 0 Å². The molecule has 4 atom stereocenters. The van der Waals surface area contributed by atoms with Crippen molar-refractivity contribution in [3.05, 3.63) is 47.4 Å². The van der Waals surface area contributed by atoms with Crippen LogP contribution in [0.4, 0.5) is 0 Å². The summed E-state index contributed by atoms with van der Waals surface area (Å²) < 4.78 is 20.1. The summed E-state index contributed by atoms with van der Waals surface area (Å²) in [5.41, 5.74) is 0. The topological polar surface area (TPSA) is 61.8 Å². The van der Waals surface area contributed by atoms with E-state index in [-0.39, 0.29) is 45.2 Å². The highest BCUT2D eigenvalue weighted by Gasteiger charge is 2.47. The molecule has 46 heavy (non-hydrogen) atoms. The second-order valence-electron chi connectivity index (χ2n) is 15.5. The van der Waals surface area contributed by atoms with E-state index in [1.807, 2.05) is 11.3 Å². The number of rotatable bonds is 16. The van der Waals surface area contributed by atoms with E-state index in [4.69, 9.17) is 13.6 Å². The molecular weight excluding hydrogens is 665 g/mol. The predicted octanol–water partition coefficient (Wildman–Crippen LogP) is 10.2. The number of carbonyl (C=O) groups is 2. The highest BCUT2D eigenvalue weighted by molar-refractivity contribution is 8.01. The molecular formula is C36H58O5S3Si2. The minimum atomic E-state index is -2.09. The zero-order chi connectivity index (χ0) is 34.3. The van der Waals surface area contributed by atoms with Crippen molar-refractivity contribution in [3.8, 4) is 0 Å². The highest BCUT2D eigenvalue weighted by atomic mass is 32.2. The second-order valence-corrected chi connectivity index (χ2v) is 28.6. The summed E-state index contributed by atoms with van der Waals surface area (Å²) >= 11 is 5.22. The molecule has 1 aromatic heterocycles. The van der Waals surface area contributed by atoms with Gasteiger partial charge in [0.05, 0.1) is 30.3 Å².